The van der Waals surface area contributed by atoms with E-state index in [9.17, 15) is 0 Å². The summed E-state index contributed by atoms with van der Waals surface area (Å²) in [5.74, 6) is 1.04. The van der Waals surface area contributed by atoms with Crippen LogP contribution < -0.4 is 4.90 Å². The van der Waals surface area contributed by atoms with Crippen LogP contribution >= 0.6 is 11.8 Å². The van der Waals surface area contributed by atoms with Gasteiger partial charge in [-0.05, 0) is 55.3 Å². The summed E-state index contributed by atoms with van der Waals surface area (Å²) >= 11 is 1.96. The molecule has 0 saturated carbocycles. The number of aromatic nitrogens is 1. The number of nitrogens with zero attached hydrogens (tertiary/aromatic N) is 3. The second kappa shape index (κ2) is 8.60. The maximum atomic E-state index is 4.51. The summed E-state index contributed by atoms with van der Waals surface area (Å²) in [6, 6.07) is 24.6. The van der Waals surface area contributed by atoms with Crippen molar-refractivity contribution in [3.8, 4) is 0 Å². The summed E-state index contributed by atoms with van der Waals surface area (Å²) in [7, 11) is 0. The lowest BCUT2D eigenvalue weighted by atomic mass is 10.1. The van der Waals surface area contributed by atoms with Gasteiger partial charge in [-0.2, -0.15) is 0 Å². The predicted molar refractivity (Wildman–Crippen MR) is 122 cm³/mol. The van der Waals surface area contributed by atoms with Crippen molar-refractivity contribution >= 4 is 23.1 Å². The maximum Gasteiger partial charge on any atom is 0.0549 e. The lowest BCUT2D eigenvalue weighted by Gasteiger charge is -2.33. The van der Waals surface area contributed by atoms with Gasteiger partial charge in [-0.15, -0.1) is 11.8 Å². The Morgan fingerprint density at radius 2 is 1.76 bits per heavy atom. The van der Waals surface area contributed by atoms with Crippen molar-refractivity contribution in [2.24, 2.45) is 0 Å². The maximum absolute atomic E-state index is 4.51. The zero-order valence-corrected chi connectivity index (χ0v) is 17.5. The first kappa shape index (κ1) is 18.7. The van der Waals surface area contributed by atoms with Crippen molar-refractivity contribution in [1.29, 1.82) is 0 Å². The minimum absolute atomic E-state index is 0.586. The van der Waals surface area contributed by atoms with Crippen LogP contribution in [0.4, 0.5) is 11.4 Å². The molecule has 3 aromatic rings. The van der Waals surface area contributed by atoms with E-state index < -0.39 is 0 Å². The molecule has 29 heavy (non-hydrogen) atoms. The van der Waals surface area contributed by atoms with E-state index in [1.54, 1.807) is 0 Å². The van der Waals surface area contributed by atoms with E-state index in [4.69, 9.17) is 0 Å². The fourth-order valence-corrected chi connectivity index (χ4v) is 5.65. The van der Waals surface area contributed by atoms with Crippen molar-refractivity contribution in [3.05, 3.63) is 84.2 Å². The molecule has 2 aliphatic heterocycles. The second-order valence-electron chi connectivity index (χ2n) is 7.90. The summed E-state index contributed by atoms with van der Waals surface area (Å²) in [4.78, 5) is 11.2. The minimum atomic E-state index is 0.586. The third kappa shape index (κ3) is 4.05. The summed E-state index contributed by atoms with van der Waals surface area (Å²) in [5.41, 5.74) is 5.37. The van der Waals surface area contributed by atoms with Gasteiger partial charge < -0.3 is 4.90 Å². The molecule has 2 aliphatic rings. The molecule has 0 N–H and O–H groups in total. The number of thioether (sulfide) groups is 1. The summed E-state index contributed by atoms with van der Waals surface area (Å²) in [6.45, 7) is 3.34. The Morgan fingerprint density at radius 1 is 0.931 bits per heavy atom. The Kier molecular flexibility index (Phi) is 5.55. The van der Waals surface area contributed by atoms with Crippen molar-refractivity contribution in [3.63, 3.8) is 0 Å². The van der Waals surface area contributed by atoms with Crippen molar-refractivity contribution in [2.45, 2.75) is 36.0 Å². The van der Waals surface area contributed by atoms with Crippen LogP contribution in [0.25, 0.3) is 0 Å². The van der Waals surface area contributed by atoms with Crippen LogP contribution in [-0.4, -0.2) is 35.6 Å². The largest absolute Gasteiger partial charge is 0.339 e. The predicted octanol–water partition coefficient (Wildman–Crippen LogP) is 5.53. The highest BCUT2D eigenvalue weighted by molar-refractivity contribution is 7.98. The number of pyridine rings is 1. The van der Waals surface area contributed by atoms with Crippen molar-refractivity contribution in [2.75, 3.05) is 24.5 Å². The third-order valence-electron chi connectivity index (χ3n) is 6.10. The van der Waals surface area contributed by atoms with Crippen LogP contribution in [0.3, 0.4) is 0 Å². The number of rotatable bonds is 5. The summed E-state index contributed by atoms with van der Waals surface area (Å²) < 4.78 is 0. The van der Waals surface area contributed by atoms with E-state index in [1.807, 2.05) is 24.0 Å². The molecule has 0 aliphatic carbocycles. The molecule has 0 unspecified atom stereocenters. The van der Waals surface area contributed by atoms with Crippen LogP contribution in [-0.2, 0) is 12.2 Å². The van der Waals surface area contributed by atoms with Crippen LogP contribution in [0.1, 0.15) is 24.1 Å². The Bertz CT molecular complexity index is 912. The van der Waals surface area contributed by atoms with Gasteiger partial charge in [0.15, 0.2) is 0 Å². The van der Waals surface area contributed by atoms with Gasteiger partial charge >= 0.3 is 0 Å². The molecule has 2 aromatic carbocycles. The summed E-state index contributed by atoms with van der Waals surface area (Å²) in [5, 5.41) is 0. The lowest BCUT2D eigenvalue weighted by Crippen LogP contribution is -2.40. The molecule has 0 radical (unpaired) electrons. The molecular weight excluding hydrogens is 374 g/mol. The van der Waals surface area contributed by atoms with Crippen molar-refractivity contribution < 1.29 is 0 Å². The van der Waals surface area contributed by atoms with Gasteiger partial charge in [0.25, 0.3) is 0 Å². The first-order valence-corrected chi connectivity index (χ1v) is 11.6. The lowest BCUT2D eigenvalue weighted by molar-refractivity contribution is 0.260. The van der Waals surface area contributed by atoms with Gasteiger partial charge in [-0.25, -0.2) is 0 Å². The smallest absolute Gasteiger partial charge is 0.0549 e. The minimum Gasteiger partial charge on any atom is -0.339 e. The number of hydrogen-bond acceptors (Lipinski definition) is 4. The fraction of sp³-hybridized carbons (Fsp3) is 0.320. The highest BCUT2D eigenvalue weighted by Crippen LogP contribution is 2.43. The first-order chi connectivity index (χ1) is 14.4. The van der Waals surface area contributed by atoms with Gasteiger partial charge in [0.05, 0.1) is 5.69 Å². The average molecular weight is 402 g/mol. The molecule has 1 atom stereocenters. The fourth-order valence-electron chi connectivity index (χ4n) is 4.59. The monoisotopic (exact) mass is 401 g/mol. The van der Waals surface area contributed by atoms with E-state index in [0.717, 1.165) is 25.3 Å². The molecule has 1 fully saturated rings. The highest BCUT2D eigenvalue weighted by atomic mass is 32.2. The van der Waals surface area contributed by atoms with Crippen LogP contribution in [0, 0.1) is 0 Å². The molecule has 0 spiro atoms. The van der Waals surface area contributed by atoms with E-state index in [1.165, 1.54) is 46.9 Å². The third-order valence-corrected chi connectivity index (χ3v) is 7.21. The second-order valence-corrected chi connectivity index (χ2v) is 8.92. The van der Waals surface area contributed by atoms with Gasteiger partial charge in [0, 0.05) is 53.8 Å². The SMILES string of the molecule is c1ccc(CCN2CCC[C@H]2CN2c3ccccc3CSc3ccccc32)nc1. The number of anilines is 2. The van der Waals surface area contributed by atoms with E-state index in [2.05, 4.69) is 75.4 Å². The van der Waals surface area contributed by atoms with Crippen LogP contribution in [0.5, 0.6) is 0 Å². The zero-order chi connectivity index (χ0) is 19.5. The molecule has 5 rings (SSSR count). The van der Waals surface area contributed by atoms with Crippen molar-refractivity contribution in [1.82, 2.24) is 9.88 Å². The Morgan fingerprint density at radius 3 is 2.66 bits per heavy atom. The average Bonchev–Trinajstić information content (AvgIpc) is 3.16. The molecule has 1 saturated heterocycles. The Hall–Kier alpha value is -2.30. The van der Waals surface area contributed by atoms with Gasteiger partial charge in [-0.1, -0.05) is 36.4 Å². The topological polar surface area (TPSA) is 19.4 Å². The molecule has 1 aromatic heterocycles. The number of para-hydroxylation sites is 2. The molecule has 0 bridgehead atoms. The first-order valence-electron chi connectivity index (χ1n) is 10.6. The van der Waals surface area contributed by atoms with Gasteiger partial charge in [-0.3, -0.25) is 9.88 Å². The molecule has 3 nitrogen and oxygen atoms in total. The zero-order valence-electron chi connectivity index (χ0n) is 16.7. The number of hydrogen-bond donors (Lipinski definition) is 0. The molecule has 148 valence electrons. The molecule has 3 heterocycles. The normalized spacial score (nSPS) is 18.9. The number of benzene rings is 2. The van der Waals surface area contributed by atoms with E-state index >= 15 is 0 Å². The standard InChI is InChI=1S/C25H27N3S/c1-2-11-23-20(8-1)19-29-25-13-4-3-12-24(25)28(23)18-22-10-7-16-27(22)17-14-21-9-5-6-15-26-21/h1-6,8-9,11-13,15,22H,7,10,14,16-19H2/t22-/m0/s1. The quantitative estimate of drug-likeness (QED) is 0.559. The van der Waals surface area contributed by atoms with Crippen LogP contribution in [0.15, 0.2) is 77.8 Å². The number of fused-ring (bicyclic) bond motifs is 2. The summed E-state index contributed by atoms with van der Waals surface area (Å²) in [6.07, 6.45) is 5.49. The van der Waals surface area contributed by atoms with Crippen LogP contribution in [0.2, 0.25) is 0 Å². The van der Waals surface area contributed by atoms with Gasteiger partial charge in [0.1, 0.15) is 0 Å². The molecule has 4 heteroatoms. The van der Waals surface area contributed by atoms with E-state index in [0.29, 0.717) is 6.04 Å². The molecular formula is C25H27N3S. The Balaban J connectivity index is 1.39. The Labute approximate surface area is 177 Å². The molecule has 0 amide bonds. The van der Waals surface area contributed by atoms with E-state index in [-0.39, 0.29) is 0 Å². The highest BCUT2D eigenvalue weighted by Gasteiger charge is 2.29. The number of likely N-dealkylation sites (tertiary alicyclic amines) is 1. The van der Waals surface area contributed by atoms with Gasteiger partial charge in [0.2, 0.25) is 0 Å².